The smallest absolute Gasteiger partial charge is 0.264 e. The van der Waals surface area contributed by atoms with Crippen LogP contribution in [0.3, 0.4) is 0 Å². The lowest BCUT2D eigenvalue weighted by molar-refractivity contribution is -0.140. The molecular weight excluding hydrogens is 374 g/mol. The molecule has 24 heavy (non-hydrogen) atoms. The van der Waals surface area contributed by atoms with Crippen LogP contribution < -0.4 is 4.90 Å². The maximum absolute atomic E-state index is 12.7. The van der Waals surface area contributed by atoms with Crippen molar-refractivity contribution in [3.05, 3.63) is 58.5 Å². The molecular formula is C18H16BrNO4. The number of ketones is 1. The Labute approximate surface area is 147 Å². The molecule has 1 aromatic heterocycles. The molecule has 0 aliphatic carbocycles. The maximum atomic E-state index is 12.7. The molecule has 2 aromatic rings. The van der Waals surface area contributed by atoms with E-state index in [4.69, 9.17) is 4.42 Å². The predicted molar refractivity (Wildman–Crippen MR) is 93.4 cm³/mol. The highest BCUT2D eigenvalue weighted by molar-refractivity contribution is 9.10. The molecule has 5 nitrogen and oxygen atoms in total. The molecule has 0 unspecified atom stereocenters. The van der Waals surface area contributed by atoms with Gasteiger partial charge < -0.3 is 14.4 Å². The van der Waals surface area contributed by atoms with Crippen LogP contribution in [0.1, 0.15) is 24.7 Å². The standard InChI is InChI=1S/C18H16BrNO4/c1-2-20-16-8-5-12(19)10-15(16)18(23,17(20)22)11-13(21)6-7-14-4-3-9-24-14/h3-10,23H,2,11H2,1H3/b7-6+/t18-/m0/s1. The summed E-state index contributed by atoms with van der Waals surface area (Å²) in [6.07, 6.45) is 4.02. The zero-order valence-electron chi connectivity index (χ0n) is 13.0. The van der Waals surface area contributed by atoms with E-state index in [0.29, 0.717) is 23.6 Å². The molecule has 6 heteroatoms. The normalized spacial score (nSPS) is 20.0. The third-order valence-electron chi connectivity index (χ3n) is 4.02. The largest absolute Gasteiger partial charge is 0.465 e. The first-order valence-electron chi connectivity index (χ1n) is 7.54. The van der Waals surface area contributed by atoms with E-state index in [0.717, 1.165) is 4.47 Å². The lowest BCUT2D eigenvalue weighted by Crippen LogP contribution is -2.41. The van der Waals surface area contributed by atoms with Gasteiger partial charge in [-0.05, 0) is 49.4 Å². The SMILES string of the molecule is CCN1C(=O)[C@](O)(CC(=O)/C=C/c2ccco2)c2cc(Br)ccc21. The number of hydrogen-bond acceptors (Lipinski definition) is 4. The van der Waals surface area contributed by atoms with Crippen LogP contribution in [0.2, 0.25) is 0 Å². The highest BCUT2D eigenvalue weighted by Gasteiger charge is 2.50. The Hall–Kier alpha value is -2.18. The molecule has 3 rings (SSSR count). The fraction of sp³-hybridized carbons (Fsp3) is 0.222. The average Bonchev–Trinajstić information content (AvgIpc) is 3.13. The van der Waals surface area contributed by atoms with E-state index < -0.39 is 11.5 Å². The van der Waals surface area contributed by atoms with Crippen LogP contribution in [-0.2, 0) is 15.2 Å². The van der Waals surface area contributed by atoms with Crippen LogP contribution in [0.25, 0.3) is 6.08 Å². The van der Waals surface area contributed by atoms with Crippen LogP contribution in [0.15, 0.2) is 51.6 Å². The van der Waals surface area contributed by atoms with Crippen molar-refractivity contribution >= 4 is 39.4 Å². The van der Waals surface area contributed by atoms with E-state index in [1.807, 2.05) is 6.92 Å². The van der Waals surface area contributed by atoms with Crippen molar-refractivity contribution in [1.29, 1.82) is 0 Å². The Morgan fingerprint density at radius 2 is 2.21 bits per heavy atom. The molecule has 1 amide bonds. The highest BCUT2D eigenvalue weighted by Crippen LogP contribution is 2.43. The lowest BCUT2D eigenvalue weighted by Gasteiger charge is -2.21. The van der Waals surface area contributed by atoms with Crippen LogP contribution in [0.5, 0.6) is 0 Å². The van der Waals surface area contributed by atoms with Crippen molar-refractivity contribution in [3.8, 4) is 0 Å². The number of rotatable bonds is 5. The Bertz CT molecular complexity index is 812. The molecule has 1 aliphatic heterocycles. The number of likely N-dealkylation sites (N-methyl/N-ethyl adjacent to an activating group) is 1. The average molecular weight is 390 g/mol. The molecule has 0 bridgehead atoms. The van der Waals surface area contributed by atoms with Gasteiger partial charge in [-0.1, -0.05) is 15.9 Å². The summed E-state index contributed by atoms with van der Waals surface area (Å²) < 4.78 is 5.86. The molecule has 1 atom stereocenters. The lowest BCUT2D eigenvalue weighted by atomic mass is 9.90. The van der Waals surface area contributed by atoms with Crippen molar-refractivity contribution in [1.82, 2.24) is 0 Å². The molecule has 0 radical (unpaired) electrons. The number of carbonyl (C=O) groups is 2. The van der Waals surface area contributed by atoms with Gasteiger partial charge in [0.05, 0.1) is 18.4 Å². The Kier molecular flexibility index (Phi) is 4.43. The summed E-state index contributed by atoms with van der Waals surface area (Å²) in [5.41, 5.74) is -0.765. The van der Waals surface area contributed by atoms with Crippen LogP contribution in [-0.4, -0.2) is 23.3 Å². The molecule has 1 aromatic carbocycles. The van der Waals surface area contributed by atoms with E-state index in [-0.39, 0.29) is 12.2 Å². The van der Waals surface area contributed by atoms with Gasteiger partial charge in [0.25, 0.3) is 5.91 Å². The second-order valence-electron chi connectivity index (χ2n) is 5.56. The van der Waals surface area contributed by atoms with Crippen LogP contribution >= 0.6 is 15.9 Å². The molecule has 1 N–H and O–H groups in total. The third-order valence-corrected chi connectivity index (χ3v) is 4.51. The number of allylic oxidation sites excluding steroid dienone is 1. The van der Waals surface area contributed by atoms with Gasteiger partial charge in [0, 0.05) is 16.6 Å². The first-order valence-corrected chi connectivity index (χ1v) is 8.34. The van der Waals surface area contributed by atoms with Gasteiger partial charge in [-0.2, -0.15) is 0 Å². The molecule has 1 aliphatic rings. The minimum atomic E-state index is -1.85. The monoisotopic (exact) mass is 389 g/mol. The zero-order valence-corrected chi connectivity index (χ0v) is 14.6. The Morgan fingerprint density at radius 1 is 1.42 bits per heavy atom. The van der Waals surface area contributed by atoms with Gasteiger partial charge in [-0.15, -0.1) is 0 Å². The van der Waals surface area contributed by atoms with Crippen LogP contribution in [0, 0.1) is 0 Å². The molecule has 2 heterocycles. The number of amides is 1. The fourth-order valence-corrected chi connectivity index (χ4v) is 3.24. The molecule has 124 valence electrons. The summed E-state index contributed by atoms with van der Waals surface area (Å²) in [7, 11) is 0. The molecule has 0 saturated heterocycles. The van der Waals surface area contributed by atoms with E-state index in [2.05, 4.69) is 15.9 Å². The molecule has 0 saturated carbocycles. The van der Waals surface area contributed by atoms with Gasteiger partial charge in [0.1, 0.15) is 5.76 Å². The van der Waals surface area contributed by atoms with Gasteiger partial charge >= 0.3 is 0 Å². The zero-order chi connectivity index (χ0) is 17.3. The van der Waals surface area contributed by atoms with Gasteiger partial charge in [-0.25, -0.2) is 0 Å². The number of furan rings is 1. The van der Waals surface area contributed by atoms with E-state index in [1.54, 1.807) is 30.3 Å². The summed E-state index contributed by atoms with van der Waals surface area (Å²) in [6.45, 7) is 2.25. The van der Waals surface area contributed by atoms with Crippen molar-refractivity contribution in [3.63, 3.8) is 0 Å². The van der Waals surface area contributed by atoms with Gasteiger partial charge in [0.2, 0.25) is 0 Å². The number of hydrogen-bond donors (Lipinski definition) is 1. The van der Waals surface area contributed by atoms with E-state index >= 15 is 0 Å². The van der Waals surface area contributed by atoms with E-state index in [1.165, 1.54) is 23.3 Å². The van der Waals surface area contributed by atoms with Gasteiger partial charge in [-0.3, -0.25) is 9.59 Å². The number of nitrogens with zero attached hydrogens (tertiary/aromatic N) is 1. The quantitative estimate of drug-likeness (QED) is 0.796. The second kappa shape index (κ2) is 6.37. The Balaban J connectivity index is 1.90. The number of carbonyl (C=O) groups excluding carboxylic acids is 2. The first kappa shape index (κ1) is 16.7. The van der Waals surface area contributed by atoms with Crippen molar-refractivity contribution in [2.45, 2.75) is 18.9 Å². The predicted octanol–water partition coefficient (Wildman–Crippen LogP) is 3.27. The summed E-state index contributed by atoms with van der Waals surface area (Å²) in [5.74, 6) is -0.296. The van der Waals surface area contributed by atoms with Crippen molar-refractivity contribution < 1.29 is 19.1 Å². The maximum Gasteiger partial charge on any atom is 0.264 e. The number of anilines is 1. The number of halogens is 1. The second-order valence-corrected chi connectivity index (χ2v) is 6.48. The minimum Gasteiger partial charge on any atom is -0.465 e. The topological polar surface area (TPSA) is 70.8 Å². The summed E-state index contributed by atoms with van der Waals surface area (Å²) in [6, 6.07) is 8.68. The van der Waals surface area contributed by atoms with Gasteiger partial charge in [0.15, 0.2) is 11.4 Å². The summed E-state index contributed by atoms with van der Waals surface area (Å²) in [4.78, 5) is 26.4. The van der Waals surface area contributed by atoms with Crippen LogP contribution in [0.4, 0.5) is 5.69 Å². The minimum absolute atomic E-state index is 0.316. The molecule has 0 fully saturated rings. The third kappa shape index (κ3) is 2.83. The number of fused-ring (bicyclic) bond motifs is 1. The van der Waals surface area contributed by atoms with E-state index in [9.17, 15) is 14.7 Å². The number of aliphatic hydroxyl groups is 1. The highest BCUT2D eigenvalue weighted by atomic mass is 79.9. The van der Waals surface area contributed by atoms with Crippen molar-refractivity contribution in [2.24, 2.45) is 0 Å². The molecule has 0 spiro atoms. The summed E-state index contributed by atoms with van der Waals surface area (Å²) in [5, 5.41) is 11.0. The first-order chi connectivity index (χ1) is 11.5. The Morgan fingerprint density at radius 3 is 2.88 bits per heavy atom. The van der Waals surface area contributed by atoms with Crippen molar-refractivity contribution in [2.75, 3.05) is 11.4 Å². The summed E-state index contributed by atoms with van der Waals surface area (Å²) >= 11 is 3.35. The number of benzene rings is 1. The fourth-order valence-electron chi connectivity index (χ4n) is 2.88.